The Morgan fingerprint density at radius 3 is 2.71 bits per heavy atom. The number of hydrogen-bond acceptors (Lipinski definition) is 2. The lowest BCUT2D eigenvalue weighted by Crippen LogP contribution is -2.45. The van der Waals surface area contributed by atoms with E-state index in [4.69, 9.17) is 0 Å². The summed E-state index contributed by atoms with van der Waals surface area (Å²) < 4.78 is 0. The first-order chi connectivity index (χ1) is 9.95. The van der Waals surface area contributed by atoms with Crippen molar-refractivity contribution >= 4 is 11.9 Å². The number of rotatable bonds is 4. The maximum atomic E-state index is 12.4. The van der Waals surface area contributed by atoms with Gasteiger partial charge in [-0.3, -0.25) is 4.79 Å². The van der Waals surface area contributed by atoms with E-state index in [1.807, 2.05) is 26.0 Å². The number of carbonyl (C=O) groups is 2. The zero-order valence-electron chi connectivity index (χ0n) is 12.4. The van der Waals surface area contributed by atoms with Crippen molar-refractivity contribution in [3.8, 4) is 0 Å². The second kappa shape index (κ2) is 4.86. The van der Waals surface area contributed by atoms with Crippen molar-refractivity contribution in [2.45, 2.75) is 44.6 Å². The van der Waals surface area contributed by atoms with Crippen LogP contribution in [0.2, 0.25) is 0 Å². The Hall–Kier alpha value is -1.84. The molecule has 2 aliphatic carbocycles. The van der Waals surface area contributed by atoms with E-state index in [-0.39, 0.29) is 23.2 Å². The first kappa shape index (κ1) is 14.1. The van der Waals surface area contributed by atoms with Crippen molar-refractivity contribution in [1.29, 1.82) is 0 Å². The van der Waals surface area contributed by atoms with Gasteiger partial charge in [0.15, 0.2) is 0 Å². The van der Waals surface area contributed by atoms with Gasteiger partial charge in [0.25, 0.3) is 0 Å². The summed E-state index contributed by atoms with van der Waals surface area (Å²) >= 11 is 0. The van der Waals surface area contributed by atoms with Crippen LogP contribution < -0.4 is 5.32 Å². The summed E-state index contributed by atoms with van der Waals surface area (Å²) in [6, 6.07) is 7.51. The lowest BCUT2D eigenvalue weighted by atomic mass is 9.95. The van der Waals surface area contributed by atoms with Gasteiger partial charge in [-0.2, -0.15) is 0 Å². The molecule has 2 N–H and O–H groups in total. The van der Waals surface area contributed by atoms with Gasteiger partial charge in [-0.1, -0.05) is 38.1 Å². The van der Waals surface area contributed by atoms with Gasteiger partial charge < -0.3 is 10.4 Å². The highest BCUT2D eigenvalue weighted by Gasteiger charge is 2.61. The van der Waals surface area contributed by atoms with Crippen molar-refractivity contribution in [1.82, 2.24) is 5.32 Å². The molecular formula is C17H21NO3. The van der Waals surface area contributed by atoms with E-state index in [0.717, 1.165) is 19.3 Å². The van der Waals surface area contributed by atoms with E-state index >= 15 is 0 Å². The first-order valence-electron chi connectivity index (χ1n) is 7.57. The van der Waals surface area contributed by atoms with Crippen molar-refractivity contribution < 1.29 is 14.7 Å². The second-order valence-corrected chi connectivity index (χ2v) is 6.64. The molecule has 3 rings (SSSR count). The highest BCUT2D eigenvalue weighted by Crippen LogP contribution is 2.61. The first-order valence-corrected chi connectivity index (χ1v) is 7.57. The lowest BCUT2D eigenvalue weighted by molar-refractivity contribution is -0.143. The monoisotopic (exact) mass is 287 g/mol. The van der Waals surface area contributed by atoms with Crippen LogP contribution in [-0.4, -0.2) is 23.0 Å². The molecule has 1 fully saturated rings. The van der Waals surface area contributed by atoms with E-state index in [1.165, 1.54) is 11.1 Å². The molecule has 0 bridgehead atoms. The Kier molecular flexibility index (Phi) is 3.27. The fourth-order valence-electron chi connectivity index (χ4n) is 3.71. The quantitative estimate of drug-likeness (QED) is 0.891. The van der Waals surface area contributed by atoms with Crippen molar-refractivity contribution in [2.75, 3.05) is 0 Å². The Morgan fingerprint density at radius 1 is 1.33 bits per heavy atom. The molecule has 21 heavy (non-hydrogen) atoms. The Labute approximate surface area is 124 Å². The van der Waals surface area contributed by atoms with Crippen LogP contribution in [0.3, 0.4) is 0 Å². The van der Waals surface area contributed by atoms with E-state index < -0.39 is 12.0 Å². The molecule has 1 saturated carbocycles. The highest BCUT2D eigenvalue weighted by molar-refractivity contribution is 5.89. The molecular weight excluding hydrogens is 266 g/mol. The molecule has 0 aromatic heterocycles. The third kappa shape index (κ3) is 2.23. The van der Waals surface area contributed by atoms with Crippen LogP contribution in [-0.2, 0) is 21.4 Å². The fraction of sp³-hybridized carbons (Fsp3) is 0.529. The minimum Gasteiger partial charge on any atom is -0.480 e. The van der Waals surface area contributed by atoms with E-state index in [9.17, 15) is 14.7 Å². The molecule has 4 heteroatoms. The maximum absolute atomic E-state index is 12.4. The minimum absolute atomic E-state index is 0.0271. The standard InChI is InChI=1S/C17H21NO3/c1-10(2)14(16(20)21)18-15(19)13-9-17(13)8-7-11-5-3-4-6-12(11)17/h3-6,10,13-14H,7-9H2,1-2H3,(H,18,19)(H,20,21). The van der Waals surface area contributed by atoms with E-state index in [0.29, 0.717) is 0 Å². The molecule has 0 aliphatic heterocycles. The van der Waals surface area contributed by atoms with Crippen molar-refractivity contribution in [3.05, 3.63) is 35.4 Å². The van der Waals surface area contributed by atoms with Gasteiger partial charge in [0.05, 0.1) is 0 Å². The molecule has 1 aromatic rings. The van der Waals surface area contributed by atoms with Gasteiger partial charge in [0.1, 0.15) is 6.04 Å². The fourth-order valence-corrected chi connectivity index (χ4v) is 3.71. The minimum atomic E-state index is -0.958. The molecule has 4 nitrogen and oxygen atoms in total. The zero-order valence-corrected chi connectivity index (χ0v) is 12.4. The Balaban J connectivity index is 1.74. The largest absolute Gasteiger partial charge is 0.480 e. The summed E-state index contributed by atoms with van der Waals surface area (Å²) in [5.41, 5.74) is 2.61. The number of hydrogen-bond donors (Lipinski definition) is 2. The van der Waals surface area contributed by atoms with Gasteiger partial charge in [-0.25, -0.2) is 4.79 Å². The van der Waals surface area contributed by atoms with Gasteiger partial charge in [0.2, 0.25) is 5.91 Å². The van der Waals surface area contributed by atoms with Crippen LogP contribution in [0.25, 0.3) is 0 Å². The number of benzene rings is 1. The van der Waals surface area contributed by atoms with Crippen LogP contribution in [0.5, 0.6) is 0 Å². The normalized spacial score (nSPS) is 27.5. The molecule has 1 amide bonds. The average molecular weight is 287 g/mol. The Bertz CT molecular complexity index is 595. The summed E-state index contributed by atoms with van der Waals surface area (Å²) in [4.78, 5) is 23.6. The molecule has 0 saturated heterocycles. The lowest BCUT2D eigenvalue weighted by Gasteiger charge is -2.19. The SMILES string of the molecule is CC(C)C(NC(=O)C1CC12CCc1ccccc12)C(=O)O. The zero-order chi connectivity index (χ0) is 15.2. The van der Waals surface area contributed by atoms with Crippen LogP contribution in [0.4, 0.5) is 0 Å². The van der Waals surface area contributed by atoms with Gasteiger partial charge >= 0.3 is 5.97 Å². The number of carbonyl (C=O) groups excluding carboxylic acids is 1. The van der Waals surface area contributed by atoms with Crippen LogP contribution in [0, 0.1) is 11.8 Å². The average Bonchev–Trinajstić information content (AvgIpc) is 3.06. The predicted molar refractivity (Wildman–Crippen MR) is 79.0 cm³/mol. The maximum Gasteiger partial charge on any atom is 0.326 e. The smallest absolute Gasteiger partial charge is 0.326 e. The number of carboxylic acids is 1. The third-order valence-corrected chi connectivity index (χ3v) is 5.02. The second-order valence-electron chi connectivity index (χ2n) is 6.64. The molecule has 0 heterocycles. The molecule has 3 unspecified atom stereocenters. The van der Waals surface area contributed by atoms with E-state index in [2.05, 4.69) is 17.4 Å². The van der Waals surface area contributed by atoms with Crippen molar-refractivity contribution in [2.24, 2.45) is 11.8 Å². The predicted octanol–water partition coefficient (Wildman–Crippen LogP) is 2.12. The Morgan fingerprint density at radius 2 is 2.05 bits per heavy atom. The van der Waals surface area contributed by atoms with Gasteiger partial charge in [0, 0.05) is 11.3 Å². The van der Waals surface area contributed by atoms with Crippen LogP contribution in [0.15, 0.2) is 24.3 Å². The summed E-state index contributed by atoms with van der Waals surface area (Å²) in [5.74, 6) is -1.24. The van der Waals surface area contributed by atoms with Crippen LogP contribution in [0.1, 0.15) is 37.8 Å². The number of aryl methyl sites for hydroxylation is 1. The summed E-state index contributed by atoms with van der Waals surface area (Å²) in [6.07, 6.45) is 2.87. The summed E-state index contributed by atoms with van der Waals surface area (Å²) in [5, 5.41) is 11.9. The number of nitrogens with one attached hydrogen (secondary N) is 1. The molecule has 3 atom stereocenters. The third-order valence-electron chi connectivity index (χ3n) is 5.02. The van der Waals surface area contributed by atoms with Crippen LogP contribution >= 0.6 is 0 Å². The number of carboxylic acid groups (broad SMARTS) is 1. The number of aliphatic carboxylic acids is 1. The molecule has 112 valence electrons. The van der Waals surface area contributed by atoms with Crippen molar-refractivity contribution in [3.63, 3.8) is 0 Å². The number of amides is 1. The highest BCUT2D eigenvalue weighted by atomic mass is 16.4. The molecule has 1 aromatic carbocycles. The molecule has 1 spiro atoms. The molecule has 2 aliphatic rings. The van der Waals surface area contributed by atoms with Gasteiger partial charge in [-0.15, -0.1) is 0 Å². The van der Waals surface area contributed by atoms with Gasteiger partial charge in [-0.05, 0) is 36.3 Å². The summed E-state index contributed by atoms with van der Waals surface area (Å²) in [6.45, 7) is 3.62. The molecule has 0 radical (unpaired) electrons. The number of fused-ring (bicyclic) bond motifs is 2. The van der Waals surface area contributed by atoms with E-state index in [1.54, 1.807) is 0 Å². The topological polar surface area (TPSA) is 66.4 Å². The summed E-state index contributed by atoms with van der Waals surface area (Å²) in [7, 11) is 0.